The number of likely N-dealkylation sites (N-methyl/N-ethyl adjacent to an activating group) is 2. The number of nitrogens with zero attached hydrogens (tertiary/aromatic N) is 1. The van der Waals surface area contributed by atoms with Gasteiger partial charge in [0.1, 0.15) is 0 Å². The predicted octanol–water partition coefficient (Wildman–Crippen LogP) is 2.13. The van der Waals surface area contributed by atoms with Crippen LogP contribution in [-0.2, 0) is 30.5 Å². The highest BCUT2D eigenvalue weighted by Gasteiger charge is 2.47. The summed E-state index contributed by atoms with van der Waals surface area (Å²) in [6, 6.07) is 14.2. The molecule has 1 fully saturated rings. The van der Waals surface area contributed by atoms with Gasteiger partial charge in [-0.3, -0.25) is 14.4 Å². The summed E-state index contributed by atoms with van der Waals surface area (Å²) < 4.78 is 11.0. The Morgan fingerprint density at radius 2 is 1.70 bits per heavy atom. The number of hydrogen-bond acceptors (Lipinski definition) is 7. The van der Waals surface area contributed by atoms with Crippen LogP contribution >= 0.6 is 0 Å². The summed E-state index contributed by atoms with van der Waals surface area (Å²) in [5.74, 6) is 4.16. The van der Waals surface area contributed by atoms with Crippen LogP contribution in [-0.4, -0.2) is 73.0 Å². The van der Waals surface area contributed by atoms with E-state index < -0.39 is 29.6 Å². The maximum Gasteiger partial charge on any atom is 0.279 e. The van der Waals surface area contributed by atoms with Crippen LogP contribution in [0.3, 0.4) is 0 Å². The second-order valence-corrected chi connectivity index (χ2v) is 9.69. The average molecular weight is 552 g/mol. The quantitative estimate of drug-likeness (QED) is 0.235. The highest BCUT2D eigenvalue weighted by atomic mass is 16.8. The molecule has 1 aliphatic rings. The van der Waals surface area contributed by atoms with E-state index in [1.165, 1.54) is 21.0 Å². The molecule has 2 aromatic carbocycles. The molecule has 0 aromatic heterocycles. The van der Waals surface area contributed by atoms with Crippen molar-refractivity contribution in [1.82, 2.24) is 15.7 Å². The number of amides is 3. The van der Waals surface area contributed by atoms with Gasteiger partial charge in [-0.25, -0.2) is 10.3 Å². The largest absolute Gasteiger partial charge is 0.394 e. The van der Waals surface area contributed by atoms with E-state index in [0.29, 0.717) is 25.2 Å². The number of hydrogen-bond donors (Lipinski definition) is 3. The molecule has 1 aliphatic heterocycles. The van der Waals surface area contributed by atoms with Crippen LogP contribution in [0.15, 0.2) is 48.5 Å². The standard InChI is InChI=1S/C30H37N3O7/c1-21(19-34)39-20-24-12-10-22(11-13-24)8-9-23-14-16-25(17-15-23)27(35)33(4)30(2,28(36)31-3)29(37)32-40-26-7-5-6-18-38-26/h10-17,21,26,34H,5-7,18-20H2,1-4H3,(H,31,36)(H,32,37). The van der Waals surface area contributed by atoms with Gasteiger partial charge in [0.05, 0.1) is 19.3 Å². The number of aliphatic hydroxyl groups excluding tert-OH is 1. The van der Waals surface area contributed by atoms with Crippen LogP contribution in [0.25, 0.3) is 0 Å². The summed E-state index contributed by atoms with van der Waals surface area (Å²) in [7, 11) is 2.78. The molecule has 10 nitrogen and oxygen atoms in total. The topological polar surface area (TPSA) is 126 Å². The van der Waals surface area contributed by atoms with Crippen molar-refractivity contribution in [2.24, 2.45) is 0 Å². The van der Waals surface area contributed by atoms with Crippen molar-refractivity contribution in [1.29, 1.82) is 0 Å². The Morgan fingerprint density at radius 3 is 2.25 bits per heavy atom. The van der Waals surface area contributed by atoms with E-state index in [2.05, 4.69) is 22.6 Å². The molecule has 3 rings (SSSR count). The summed E-state index contributed by atoms with van der Waals surface area (Å²) in [4.78, 5) is 45.6. The molecule has 2 aromatic rings. The highest BCUT2D eigenvalue weighted by molar-refractivity contribution is 6.12. The second-order valence-electron chi connectivity index (χ2n) is 9.69. The first kappa shape index (κ1) is 30.8. The number of ether oxygens (including phenoxy) is 2. The van der Waals surface area contributed by atoms with Crippen molar-refractivity contribution in [3.63, 3.8) is 0 Å². The molecule has 0 aliphatic carbocycles. The molecular weight excluding hydrogens is 514 g/mol. The van der Waals surface area contributed by atoms with E-state index in [1.54, 1.807) is 31.2 Å². The van der Waals surface area contributed by atoms with Crippen molar-refractivity contribution in [2.45, 2.75) is 57.6 Å². The molecule has 3 amide bonds. The van der Waals surface area contributed by atoms with Crippen LogP contribution in [0.4, 0.5) is 0 Å². The number of nitrogens with one attached hydrogen (secondary N) is 2. The van der Waals surface area contributed by atoms with Crippen molar-refractivity contribution in [2.75, 3.05) is 27.3 Å². The van der Waals surface area contributed by atoms with Gasteiger partial charge in [0.2, 0.25) is 0 Å². The van der Waals surface area contributed by atoms with Crippen LogP contribution < -0.4 is 10.8 Å². The summed E-state index contributed by atoms with van der Waals surface area (Å²) in [6.45, 7) is 4.06. The molecule has 0 radical (unpaired) electrons. The molecule has 10 heteroatoms. The van der Waals surface area contributed by atoms with E-state index >= 15 is 0 Å². The Kier molecular flexibility index (Phi) is 11.2. The predicted molar refractivity (Wildman–Crippen MR) is 148 cm³/mol. The van der Waals surface area contributed by atoms with E-state index in [0.717, 1.165) is 28.9 Å². The fourth-order valence-corrected chi connectivity index (χ4v) is 3.89. The summed E-state index contributed by atoms with van der Waals surface area (Å²) in [5, 5.41) is 11.5. The van der Waals surface area contributed by atoms with Gasteiger partial charge < -0.3 is 24.8 Å². The van der Waals surface area contributed by atoms with Crippen LogP contribution in [0.1, 0.15) is 60.2 Å². The number of hydroxylamine groups is 1. The van der Waals surface area contributed by atoms with E-state index in [-0.39, 0.29) is 18.3 Å². The van der Waals surface area contributed by atoms with Crippen LogP contribution in [0, 0.1) is 11.8 Å². The molecule has 3 unspecified atom stereocenters. The lowest BCUT2D eigenvalue weighted by Crippen LogP contribution is -2.65. The third kappa shape index (κ3) is 7.90. The molecule has 3 atom stereocenters. The third-order valence-corrected chi connectivity index (χ3v) is 6.74. The second kappa shape index (κ2) is 14.6. The van der Waals surface area contributed by atoms with Gasteiger partial charge >= 0.3 is 0 Å². The van der Waals surface area contributed by atoms with Crippen LogP contribution in [0.5, 0.6) is 0 Å². The van der Waals surface area contributed by atoms with E-state index in [9.17, 15) is 14.4 Å². The first-order chi connectivity index (χ1) is 19.2. The van der Waals surface area contributed by atoms with Gasteiger partial charge in [-0.15, -0.1) is 0 Å². The Hall–Kier alpha value is -3.75. The average Bonchev–Trinajstić information content (AvgIpc) is 3.01. The number of rotatable bonds is 10. The number of carbonyl (C=O) groups is 3. The Morgan fingerprint density at radius 1 is 1.07 bits per heavy atom. The first-order valence-electron chi connectivity index (χ1n) is 13.2. The zero-order chi connectivity index (χ0) is 29.1. The van der Waals surface area contributed by atoms with Crippen molar-refractivity contribution in [3.05, 3.63) is 70.8 Å². The van der Waals surface area contributed by atoms with Gasteiger partial charge in [0.25, 0.3) is 17.7 Å². The maximum atomic E-state index is 13.3. The summed E-state index contributed by atoms with van der Waals surface area (Å²) in [5.41, 5.74) is 3.18. The zero-order valence-corrected chi connectivity index (χ0v) is 23.4. The summed E-state index contributed by atoms with van der Waals surface area (Å²) in [6.07, 6.45) is 1.61. The molecule has 1 heterocycles. The Bertz CT molecular complexity index is 1210. The third-order valence-electron chi connectivity index (χ3n) is 6.74. The van der Waals surface area contributed by atoms with Gasteiger partial charge in [0.15, 0.2) is 11.8 Å². The van der Waals surface area contributed by atoms with Gasteiger partial charge in [-0.05, 0) is 68.7 Å². The monoisotopic (exact) mass is 551 g/mol. The minimum absolute atomic E-state index is 0.0296. The molecular formula is C30H37N3O7. The molecule has 40 heavy (non-hydrogen) atoms. The number of benzene rings is 2. The molecule has 3 N–H and O–H groups in total. The van der Waals surface area contributed by atoms with Crippen molar-refractivity contribution in [3.8, 4) is 11.8 Å². The Balaban J connectivity index is 1.66. The highest BCUT2D eigenvalue weighted by Crippen LogP contribution is 2.20. The molecule has 214 valence electrons. The maximum absolute atomic E-state index is 13.3. The number of aliphatic hydroxyl groups is 1. The van der Waals surface area contributed by atoms with Gasteiger partial charge in [-0.1, -0.05) is 24.0 Å². The Labute approximate surface area is 234 Å². The van der Waals surface area contributed by atoms with Crippen molar-refractivity contribution >= 4 is 17.7 Å². The lowest BCUT2D eigenvalue weighted by atomic mass is 9.96. The molecule has 0 bridgehead atoms. The smallest absolute Gasteiger partial charge is 0.279 e. The number of carbonyl (C=O) groups excluding carboxylic acids is 3. The zero-order valence-electron chi connectivity index (χ0n) is 23.4. The molecule has 1 saturated heterocycles. The van der Waals surface area contributed by atoms with E-state index in [1.807, 2.05) is 24.3 Å². The van der Waals surface area contributed by atoms with Gasteiger partial charge in [0, 0.05) is 43.8 Å². The minimum atomic E-state index is -1.88. The fourth-order valence-electron chi connectivity index (χ4n) is 3.89. The fraction of sp³-hybridized carbons (Fsp3) is 0.433. The summed E-state index contributed by atoms with van der Waals surface area (Å²) >= 11 is 0. The van der Waals surface area contributed by atoms with Crippen molar-refractivity contribution < 1.29 is 33.8 Å². The molecule has 0 spiro atoms. The lowest BCUT2D eigenvalue weighted by Gasteiger charge is -2.36. The first-order valence-corrected chi connectivity index (χ1v) is 13.2. The lowest BCUT2D eigenvalue weighted by molar-refractivity contribution is -0.204. The normalized spacial score (nSPS) is 17.0. The van der Waals surface area contributed by atoms with Gasteiger partial charge in [-0.2, -0.15) is 0 Å². The SMILES string of the molecule is CNC(=O)C(C)(C(=O)NOC1CCCCO1)N(C)C(=O)c1ccc(C#Cc2ccc(COC(C)CO)cc2)cc1. The van der Waals surface area contributed by atoms with Crippen LogP contribution in [0.2, 0.25) is 0 Å². The van der Waals surface area contributed by atoms with E-state index in [4.69, 9.17) is 19.4 Å². The minimum Gasteiger partial charge on any atom is -0.394 e. The molecule has 0 saturated carbocycles.